The number of fused-ring (bicyclic) bond motifs is 2. The predicted molar refractivity (Wildman–Crippen MR) is 121 cm³/mol. The van der Waals surface area contributed by atoms with Crippen LogP contribution in [0.3, 0.4) is 0 Å². The minimum absolute atomic E-state index is 0.00927. The maximum Gasteiger partial charge on any atom is 0.387 e. The number of hydrogen-bond donors (Lipinski definition) is 1. The average molecular weight is 457 g/mol. The van der Waals surface area contributed by atoms with Gasteiger partial charge in [0.25, 0.3) is 0 Å². The number of nitrogens with one attached hydrogen (secondary N) is 1. The van der Waals surface area contributed by atoms with E-state index in [1.165, 1.54) is 6.07 Å². The second kappa shape index (κ2) is 9.89. The number of carbonyl (C=O) groups is 2. The van der Waals surface area contributed by atoms with Gasteiger partial charge < -0.3 is 15.0 Å². The molecule has 3 atom stereocenters. The van der Waals surface area contributed by atoms with Crippen molar-refractivity contribution in [2.75, 3.05) is 0 Å². The Labute approximate surface area is 193 Å². The minimum atomic E-state index is -2.87. The van der Waals surface area contributed by atoms with Gasteiger partial charge in [-0.15, -0.1) is 0 Å². The van der Waals surface area contributed by atoms with Crippen molar-refractivity contribution in [2.45, 2.75) is 71.2 Å². The molecule has 2 amide bonds. The summed E-state index contributed by atoms with van der Waals surface area (Å²) in [6.45, 7) is 1.42. The molecule has 5 nitrogen and oxygen atoms in total. The first-order valence-corrected chi connectivity index (χ1v) is 11.6. The number of aryl methyl sites for hydroxylation is 1. The molecule has 0 saturated heterocycles. The molecule has 0 radical (unpaired) electrons. The zero-order valence-corrected chi connectivity index (χ0v) is 19.0. The van der Waals surface area contributed by atoms with E-state index in [-0.39, 0.29) is 29.5 Å². The standard InChI is InChI=1S/C26H30F2N2O3/c1-3-16(2)25(32)30-15-19-8-5-4-7-17(19)14-23(30)24(31)29-22-10-6-9-18-13-20(33-26(27)28)11-12-21(18)22/h4-5,7-8,11-13,16,22-23,26H,3,6,9-10,14-15H2,1-2H3,(H,29,31). The van der Waals surface area contributed by atoms with Gasteiger partial charge in [-0.3, -0.25) is 9.59 Å². The molecular weight excluding hydrogens is 426 g/mol. The summed E-state index contributed by atoms with van der Waals surface area (Å²) in [5.74, 6) is -0.212. The van der Waals surface area contributed by atoms with Crippen LogP contribution in [-0.4, -0.2) is 29.4 Å². The number of amides is 2. The molecule has 2 aliphatic rings. The molecule has 0 saturated carbocycles. The molecule has 1 aliphatic heterocycles. The van der Waals surface area contributed by atoms with E-state index in [2.05, 4.69) is 10.1 Å². The molecule has 0 bridgehead atoms. The number of hydrogen-bond acceptors (Lipinski definition) is 3. The molecule has 0 fully saturated rings. The van der Waals surface area contributed by atoms with E-state index in [4.69, 9.17) is 0 Å². The zero-order chi connectivity index (χ0) is 23.5. The highest BCUT2D eigenvalue weighted by atomic mass is 19.3. The van der Waals surface area contributed by atoms with Crippen molar-refractivity contribution in [3.8, 4) is 5.75 Å². The highest BCUT2D eigenvalue weighted by Gasteiger charge is 2.37. The lowest BCUT2D eigenvalue weighted by Crippen LogP contribution is -2.54. The molecule has 3 unspecified atom stereocenters. The van der Waals surface area contributed by atoms with Crippen LogP contribution in [0.1, 0.15) is 61.4 Å². The Bertz CT molecular complexity index is 1030. The maximum absolute atomic E-state index is 13.5. The Hall–Kier alpha value is -2.96. The van der Waals surface area contributed by atoms with Crippen LogP contribution in [0.5, 0.6) is 5.75 Å². The van der Waals surface area contributed by atoms with E-state index in [0.29, 0.717) is 19.4 Å². The Kier molecular flexibility index (Phi) is 6.96. The van der Waals surface area contributed by atoms with Crippen molar-refractivity contribution >= 4 is 11.8 Å². The largest absolute Gasteiger partial charge is 0.435 e. The van der Waals surface area contributed by atoms with Crippen LogP contribution in [0.2, 0.25) is 0 Å². The Balaban J connectivity index is 1.56. The topological polar surface area (TPSA) is 58.6 Å². The molecule has 7 heteroatoms. The van der Waals surface area contributed by atoms with E-state index in [9.17, 15) is 18.4 Å². The Morgan fingerprint density at radius 1 is 1.15 bits per heavy atom. The van der Waals surface area contributed by atoms with Crippen molar-refractivity contribution in [2.24, 2.45) is 5.92 Å². The van der Waals surface area contributed by atoms with Gasteiger partial charge >= 0.3 is 6.61 Å². The molecule has 1 aliphatic carbocycles. The third-order valence-electron chi connectivity index (χ3n) is 6.84. The third kappa shape index (κ3) is 5.02. The van der Waals surface area contributed by atoms with Crippen molar-refractivity contribution in [3.63, 3.8) is 0 Å². The van der Waals surface area contributed by atoms with Gasteiger partial charge in [-0.25, -0.2) is 0 Å². The summed E-state index contributed by atoms with van der Waals surface area (Å²) in [4.78, 5) is 28.4. The quantitative estimate of drug-likeness (QED) is 0.681. The van der Waals surface area contributed by atoms with Crippen LogP contribution in [0.4, 0.5) is 8.78 Å². The van der Waals surface area contributed by atoms with Crippen molar-refractivity contribution in [3.05, 3.63) is 64.7 Å². The monoisotopic (exact) mass is 456 g/mol. The number of alkyl halides is 2. The lowest BCUT2D eigenvalue weighted by atomic mass is 9.86. The summed E-state index contributed by atoms with van der Waals surface area (Å²) in [6.07, 6.45) is 3.53. The van der Waals surface area contributed by atoms with Crippen molar-refractivity contribution < 1.29 is 23.1 Å². The SMILES string of the molecule is CCC(C)C(=O)N1Cc2ccccc2CC1C(=O)NC1CCCc2cc(OC(F)F)ccc21. The lowest BCUT2D eigenvalue weighted by molar-refractivity contribution is -0.145. The fraction of sp³-hybridized carbons (Fsp3) is 0.462. The molecule has 0 spiro atoms. The molecule has 2 aromatic carbocycles. The van der Waals surface area contributed by atoms with Crippen LogP contribution in [0.15, 0.2) is 42.5 Å². The van der Waals surface area contributed by atoms with E-state index in [1.54, 1.807) is 17.0 Å². The average Bonchev–Trinajstić information content (AvgIpc) is 2.81. The normalized spacial score (nSPS) is 20.6. The number of carbonyl (C=O) groups excluding carboxylic acids is 2. The number of ether oxygens (including phenoxy) is 1. The van der Waals surface area contributed by atoms with E-state index in [0.717, 1.165) is 41.5 Å². The summed E-state index contributed by atoms with van der Waals surface area (Å²) >= 11 is 0. The third-order valence-corrected chi connectivity index (χ3v) is 6.84. The molecular formula is C26H30F2N2O3. The lowest BCUT2D eigenvalue weighted by Gasteiger charge is -2.38. The first kappa shape index (κ1) is 23.2. The Morgan fingerprint density at radius 2 is 1.91 bits per heavy atom. The number of rotatable bonds is 6. The van der Waals surface area contributed by atoms with Crippen LogP contribution in [0.25, 0.3) is 0 Å². The van der Waals surface area contributed by atoms with Gasteiger partial charge in [0.2, 0.25) is 11.8 Å². The maximum atomic E-state index is 13.5. The molecule has 33 heavy (non-hydrogen) atoms. The van der Waals surface area contributed by atoms with E-state index in [1.807, 2.05) is 38.1 Å². The summed E-state index contributed by atoms with van der Waals surface area (Å²) in [7, 11) is 0. The second-order valence-corrected chi connectivity index (χ2v) is 8.96. The molecule has 4 rings (SSSR count). The van der Waals surface area contributed by atoms with Gasteiger partial charge in [0.15, 0.2) is 0 Å². The smallest absolute Gasteiger partial charge is 0.387 e. The molecule has 176 valence electrons. The predicted octanol–water partition coefficient (Wildman–Crippen LogP) is 4.78. The summed E-state index contributed by atoms with van der Waals surface area (Å²) in [6, 6.07) is 12.0. The summed E-state index contributed by atoms with van der Waals surface area (Å²) < 4.78 is 29.7. The fourth-order valence-corrected chi connectivity index (χ4v) is 4.83. The molecule has 1 heterocycles. The van der Waals surface area contributed by atoms with Gasteiger partial charge in [0.05, 0.1) is 6.04 Å². The van der Waals surface area contributed by atoms with Crippen LogP contribution >= 0.6 is 0 Å². The van der Waals surface area contributed by atoms with Crippen LogP contribution in [0, 0.1) is 5.92 Å². The van der Waals surface area contributed by atoms with Crippen LogP contribution in [-0.2, 0) is 29.0 Å². The number of halogens is 2. The fourth-order valence-electron chi connectivity index (χ4n) is 4.83. The first-order valence-electron chi connectivity index (χ1n) is 11.6. The van der Waals surface area contributed by atoms with E-state index < -0.39 is 12.7 Å². The second-order valence-electron chi connectivity index (χ2n) is 8.96. The summed E-state index contributed by atoms with van der Waals surface area (Å²) in [5.41, 5.74) is 4.00. The van der Waals surface area contributed by atoms with Gasteiger partial charge in [-0.2, -0.15) is 8.78 Å². The zero-order valence-electron chi connectivity index (χ0n) is 19.0. The highest BCUT2D eigenvalue weighted by molar-refractivity contribution is 5.89. The molecule has 0 aromatic heterocycles. The van der Waals surface area contributed by atoms with Crippen LogP contribution < -0.4 is 10.1 Å². The van der Waals surface area contributed by atoms with Gasteiger partial charge in [0.1, 0.15) is 11.8 Å². The first-order chi connectivity index (χ1) is 15.9. The van der Waals surface area contributed by atoms with Crippen molar-refractivity contribution in [1.29, 1.82) is 0 Å². The van der Waals surface area contributed by atoms with Gasteiger partial charge in [-0.05, 0) is 60.1 Å². The number of nitrogens with zero attached hydrogens (tertiary/aromatic N) is 1. The van der Waals surface area contributed by atoms with Gasteiger partial charge in [0, 0.05) is 18.9 Å². The molecule has 1 N–H and O–H groups in total. The van der Waals surface area contributed by atoms with Crippen molar-refractivity contribution in [1.82, 2.24) is 10.2 Å². The highest BCUT2D eigenvalue weighted by Crippen LogP contribution is 2.33. The molecule has 2 aromatic rings. The summed E-state index contributed by atoms with van der Waals surface area (Å²) in [5, 5.41) is 3.16. The number of benzene rings is 2. The Morgan fingerprint density at radius 3 is 2.64 bits per heavy atom. The van der Waals surface area contributed by atoms with Gasteiger partial charge in [-0.1, -0.05) is 44.2 Å². The van der Waals surface area contributed by atoms with E-state index >= 15 is 0 Å². The minimum Gasteiger partial charge on any atom is -0.435 e.